The highest BCUT2D eigenvalue weighted by molar-refractivity contribution is 6.01. The molecule has 0 N–H and O–H groups in total. The normalized spacial score (nSPS) is 20.4. The lowest BCUT2D eigenvalue weighted by Crippen LogP contribution is -2.33. The van der Waals surface area contributed by atoms with Crippen LogP contribution >= 0.6 is 0 Å². The molecule has 0 radical (unpaired) electrons. The van der Waals surface area contributed by atoms with E-state index in [-0.39, 0.29) is 5.97 Å². The summed E-state index contributed by atoms with van der Waals surface area (Å²) in [5, 5.41) is 1.64. The maximum Gasteiger partial charge on any atom is 0.340 e. The summed E-state index contributed by atoms with van der Waals surface area (Å²) in [7, 11) is 3.91. The van der Waals surface area contributed by atoms with Gasteiger partial charge in [-0.1, -0.05) is 24.8 Å². The number of hydrogen-bond donors (Lipinski definition) is 0. The number of nitrogens with zero attached hydrogens (tertiary/aromatic N) is 1. The number of carbonyl (C=O) groups is 2. The molecule has 3 aromatic rings. The van der Waals surface area contributed by atoms with Gasteiger partial charge < -0.3 is 19.1 Å². The van der Waals surface area contributed by atoms with Crippen molar-refractivity contribution in [2.45, 2.75) is 19.4 Å². The Morgan fingerprint density at radius 2 is 1.86 bits per heavy atom. The van der Waals surface area contributed by atoms with Gasteiger partial charge in [0.15, 0.2) is 5.60 Å². The molecule has 1 spiro atoms. The van der Waals surface area contributed by atoms with Gasteiger partial charge in [0.25, 0.3) is 0 Å². The monoisotopic (exact) mass is 467 g/mol. The van der Waals surface area contributed by atoms with E-state index in [1.165, 1.54) is 6.92 Å². The molecule has 2 aliphatic heterocycles. The van der Waals surface area contributed by atoms with E-state index in [4.69, 9.17) is 14.2 Å². The van der Waals surface area contributed by atoms with Crippen molar-refractivity contribution in [2.75, 3.05) is 19.0 Å². The molecular weight excluding hydrogens is 442 g/mol. The second kappa shape index (κ2) is 8.17. The van der Waals surface area contributed by atoms with Gasteiger partial charge >= 0.3 is 11.9 Å². The maximum absolute atomic E-state index is 13.1. The third kappa shape index (κ3) is 3.33. The van der Waals surface area contributed by atoms with Crippen LogP contribution in [0.15, 0.2) is 84.5 Å². The molecule has 0 aliphatic carbocycles. The number of ether oxygens (including phenoxy) is 3. The smallest absolute Gasteiger partial charge is 0.340 e. The van der Waals surface area contributed by atoms with Gasteiger partial charge in [-0.25, -0.2) is 4.79 Å². The molecule has 1 saturated heterocycles. The minimum absolute atomic E-state index is 0.389. The largest absolute Gasteiger partial charge is 0.456 e. The van der Waals surface area contributed by atoms with Gasteiger partial charge in [0.1, 0.15) is 17.2 Å². The summed E-state index contributed by atoms with van der Waals surface area (Å²) in [6, 6.07) is 15.1. The minimum Gasteiger partial charge on any atom is -0.456 e. The summed E-state index contributed by atoms with van der Waals surface area (Å²) < 4.78 is 18.0. The highest BCUT2D eigenvalue weighted by Crippen LogP contribution is 2.59. The van der Waals surface area contributed by atoms with Crippen molar-refractivity contribution in [2.24, 2.45) is 0 Å². The van der Waals surface area contributed by atoms with Gasteiger partial charge in [-0.15, -0.1) is 0 Å². The first kappa shape index (κ1) is 22.5. The molecule has 2 heterocycles. The number of carbonyl (C=O) groups excluding carboxylic acids is 2. The van der Waals surface area contributed by atoms with Crippen LogP contribution < -0.4 is 14.4 Å². The SMILES string of the molecule is C=C/C=C1/C(=O)OC2(/C1=C/C)c1ccc(N(C)C)cc1Oc1c2ccc2cc(OC(C)=O)ccc12. The molecule has 0 bridgehead atoms. The molecule has 0 amide bonds. The quantitative estimate of drug-likeness (QED) is 0.276. The molecule has 6 nitrogen and oxygen atoms in total. The van der Waals surface area contributed by atoms with Gasteiger partial charge in [-0.05, 0) is 54.8 Å². The summed E-state index contributed by atoms with van der Waals surface area (Å²) >= 11 is 0. The van der Waals surface area contributed by atoms with Gasteiger partial charge in [0, 0.05) is 54.9 Å². The van der Waals surface area contributed by atoms with Crippen molar-refractivity contribution in [3.05, 3.63) is 95.6 Å². The fourth-order valence-corrected chi connectivity index (χ4v) is 4.90. The van der Waals surface area contributed by atoms with Crippen molar-refractivity contribution in [1.82, 2.24) is 0 Å². The highest BCUT2D eigenvalue weighted by atomic mass is 16.6. The molecule has 176 valence electrons. The topological polar surface area (TPSA) is 65.1 Å². The van der Waals surface area contributed by atoms with Crippen LogP contribution in [0.2, 0.25) is 0 Å². The Kier molecular flexibility index (Phi) is 5.24. The van der Waals surface area contributed by atoms with E-state index in [0.29, 0.717) is 22.8 Å². The van der Waals surface area contributed by atoms with E-state index in [1.807, 2.05) is 68.4 Å². The zero-order valence-corrected chi connectivity index (χ0v) is 20.0. The standard InChI is InChI=1S/C29H25NO5/c1-6-8-22-23(7-2)29(35-28(22)32)24-14-10-19(30(4)5)16-26(24)34-27-21-12-11-20(33-17(3)31)15-18(21)9-13-25(27)29/h6-16H,1H2,2-5H3/b22-8+,23-7+. The summed E-state index contributed by atoms with van der Waals surface area (Å²) in [5.74, 6) is 0.835. The molecule has 1 atom stereocenters. The molecule has 1 fully saturated rings. The first-order valence-corrected chi connectivity index (χ1v) is 11.3. The number of hydrogen-bond acceptors (Lipinski definition) is 6. The van der Waals surface area contributed by atoms with Crippen LogP contribution in [0.25, 0.3) is 10.8 Å². The van der Waals surface area contributed by atoms with Crippen LogP contribution in [0.3, 0.4) is 0 Å². The van der Waals surface area contributed by atoms with Crippen molar-refractivity contribution in [1.29, 1.82) is 0 Å². The highest BCUT2D eigenvalue weighted by Gasteiger charge is 2.55. The lowest BCUT2D eigenvalue weighted by atomic mass is 9.75. The Bertz CT molecular complexity index is 1480. The zero-order valence-electron chi connectivity index (χ0n) is 20.0. The first-order chi connectivity index (χ1) is 16.8. The second-order valence-corrected chi connectivity index (χ2v) is 8.68. The second-order valence-electron chi connectivity index (χ2n) is 8.68. The molecule has 3 aromatic carbocycles. The average molecular weight is 468 g/mol. The van der Waals surface area contributed by atoms with E-state index in [9.17, 15) is 9.59 Å². The van der Waals surface area contributed by atoms with Crippen molar-refractivity contribution in [3.63, 3.8) is 0 Å². The van der Waals surface area contributed by atoms with Gasteiger partial charge in [0.2, 0.25) is 0 Å². The predicted molar refractivity (Wildman–Crippen MR) is 135 cm³/mol. The number of esters is 2. The van der Waals surface area contributed by atoms with E-state index in [0.717, 1.165) is 33.2 Å². The first-order valence-electron chi connectivity index (χ1n) is 11.3. The fraction of sp³-hybridized carbons (Fsp3) is 0.172. The third-order valence-electron chi connectivity index (χ3n) is 6.36. The van der Waals surface area contributed by atoms with E-state index < -0.39 is 11.6 Å². The number of fused-ring (bicyclic) bond motifs is 6. The molecule has 35 heavy (non-hydrogen) atoms. The molecular formula is C29H25NO5. The zero-order chi connectivity index (χ0) is 24.9. The van der Waals surface area contributed by atoms with E-state index >= 15 is 0 Å². The third-order valence-corrected chi connectivity index (χ3v) is 6.36. The lowest BCUT2D eigenvalue weighted by molar-refractivity contribution is -0.143. The van der Waals surface area contributed by atoms with E-state index in [2.05, 4.69) is 6.58 Å². The summed E-state index contributed by atoms with van der Waals surface area (Å²) in [6.07, 6.45) is 5.18. The maximum atomic E-state index is 13.1. The Morgan fingerprint density at radius 1 is 1.09 bits per heavy atom. The molecule has 1 unspecified atom stereocenters. The van der Waals surface area contributed by atoms with Crippen LogP contribution in [-0.2, 0) is 19.9 Å². The van der Waals surface area contributed by atoms with Gasteiger partial charge in [-0.3, -0.25) is 4.79 Å². The Balaban J connectivity index is 1.83. The van der Waals surface area contributed by atoms with Gasteiger partial charge in [0.05, 0.1) is 5.57 Å². The number of allylic oxidation sites excluding steroid dienone is 3. The van der Waals surface area contributed by atoms with Gasteiger partial charge in [-0.2, -0.15) is 0 Å². The van der Waals surface area contributed by atoms with Crippen LogP contribution in [0.1, 0.15) is 25.0 Å². The summed E-state index contributed by atoms with van der Waals surface area (Å²) in [5.41, 5.74) is 2.46. The Morgan fingerprint density at radius 3 is 2.54 bits per heavy atom. The van der Waals surface area contributed by atoms with Crippen LogP contribution in [0, 0.1) is 0 Å². The number of anilines is 1. The molecule has 2 aliphatic rings. The molecule has 5 rings (SSSR count). The average Bonchev–Trinajstić information content (AvgIpc) is 3.09. The minimum atomic E-state index is -1.17. The number of benzene rings is 3. The molecule has 6 heteroatoms. The van der Waals surface area contributed by atoms with Crippen molar-refractivity contribution in [3.8, 4) is 17.2 Å². The van der Waals surface area contributed by atoms with Crippen molar-refractivity contribution >= 4 is 28.4 Å². The predicted octanol–water partition coefficient (Wildman–Crippen LogP) is 5.80. The van der Waals surface area contributed by atoms with E-state index in [1.54, 1.807) is 24.3 Å². The summed E-state index contributed by atoms with van der Waals surface area (Å²) in [4.78, 5) is 26.6. The van der Waals surface area contributed by atoms with Crippen LogP contribution in [-0.4, -0.2) is 26.0 Å². The summed E-state index contributed by atoms with van der Waals surface area (Å²) in [6.45, 7) is 7.03. The van der Waals surface area contributed by atoms with Crippen LogP contribution in [0.4, 0.5) is 5.69 Å². The van der Waals surface area contributed by atoms with Crippen LogP contribution in [0.5, 0.6) is 17.2 Å². The van der Waals surface area contributed by atoms with Crippen molar-refractivity contribution < 1.29 is 23.8 Å². The Hall–Kier alpha value is -4.32. The molecule has 0 saturated carbocycles. The fourth-order valence-electron chi connectivity index (χ4n) is 4.90. The Labute approximate surface area is 203 Å². The lowest BCUT2D eigenvalue weighted by Gasteiger charge is -2.37. The number of rotatable bonds is 3. The molecule has 0 aromatic heterocycles.